The molecule has 2 N–H and O–H groups in total. The van der Waals surface area contributed by atoms with E-state index in [2.05, 4.69) is 18.8 Å². The van der Waals surface area contributed by atoms with E-state index in [9.17, 15) is 4.79 Å². The van der Waals surface area contributed by atoms with Crippen LogP contribution in [0, 0.1) is 0 Å². The molecule has 1 aromatic carbocycles. The number of aromatic amines is 1. The van der Waals surface area contributed by atoms with Crippen molar-refractivity contribution in [2.24, 2.45) is 0 Å². The van der Waals surface area contributed by atoms with E-state index in [1.807, 2.05) is 18.2 Å². The molecule has 0 bridgehead atoms. The highest BCUT2D eigenvalue weighted by atomic mass is 16.4. The molecule has 15 heavy (non-hydrogen) atoms. The van der Waals surface area contributed by atoms with Crippen molar-refractivity contribution in [1.29, 1.82) is 0 Å². The molecule has 0 aliphatic heterocycles. The van der Waals surface area contributed by atoms with E-state index in [1.165, 1.54) is 0 Å². The van der Waals surface area contributed by atoms with Crippen molar-refractivity contribution >= 4 is 16.9 Å². The van der Waals surface area contributed by atoms with Crippen molar-refractivity contribution in [3.63, 3.8) is 0 Å². The maximum Gasteiger partial charge on any atom is 0.352 e. The molecule has 0 aliphatic carbocycles. The number of nitrogens with one attached hydrogen (secondary N) is 1. The quantitative estimate of drug-likeness (QED) is 0.788. The van der Waals surface area contributed by atoms with Crippen LogP contribution in [-0.2, 0) is 0 Å². The van der Waals surface area contributed by atoms with Crippen LogP contribution >= 0.6 is 0 Å². The molecular formula is C12H13NO2. The zero-order chi connectivity index (χ0) is 11.0. The summed E-state index contributed by atoms with van der Waals surface area (Å²) in [6, 6.07) is 7.57. The maximum atomic E-state index is 10.8. The first-order valence-corrected chi connectivity index (χ1v) is 4.94. The lowest BCUT2D eigenvalue weighted by molar-refractivity contribution is 0.0691. The Morgan fingerprint density at radius 3 is 2.73 bits per heavy atom. The van der Waals surface area contributed by atoms with Gasteiger partial charge in [-0.1, -0.05) is 32.0 Å². The summed E-state index contributed by atoms with van der Waals surface area (Å²) >= 11 is 0. The van der Waals surface area contributed by atoms with Gasteiger partial charge in [0.25, 0.3) is 0 Å². The Bertz CT molecular complexity index is 511. The lowest BCUT2D eigenvalue weighted by Gasteiger charge is -2.05. The highest BCUT2D eigenvalue weighted by Crippen LogP contribution is 2.25. The lowest BCUT2D eigenvalue weighted by atomic mass is 10.0. The van der Waals surface area contributed by atoms with Gasteiger partial charge in [0.1, 0.15) is 5.69 Å². The molecule has 3 nitrogen and oxygen atoms in total. The number of carboxylic acids is 1. The van der Waals surface area contributed by atoms with Crippen LogP contribution in [0.2, 0.25) is 0 Å². The zero-order valence-corrected chi connectivity index (χ0v) is 8.74. The fourth-order valence-corrected chi connectivity index (χ4v) is 1.78. The Morgan fingerprint density at radius 2 is 2.13 bits per heavy atom. The highest BCUT2D eigenvalue weighted by Gasteiger charge is 2.11. The number of rotatable bonds is 2. The van der Waals surface area contributed by atoms with E-state index in [0.29, 0.717) is 5.92 Å². The molecule has 0 amide bonds. The molecule has 1 aromatic heterocycles. The number of carbonyl (C=O) groups is 1. The second-order valence-corrected chi connectivity index (χ2v) is 3.95. The average molecular weight is 203 g/mol. The van der Waals surface area contributed by atoms with E-state index in [0.717, 1.165) is 16.5 Å². The van der Waals surface area contributed by atoms with Gasteiger partial charge < -0.3 is 10.1 Å². The molecule has 0 aliphatic rings. The van der Waals surface area contributed by atoms with Crippen LogP contribution in [0.15, 0.2) is 24.3 Å². The molecule has 2 rings (SSSR count). The number of fused-ring (bicyclic) bond motifs is 1. The molecule has 0 radical (unpaired) electrons. The highest BCUT2D eigenvalue weighted by molar-refractivity contribution is 5.94. The third-order valence-corrected chi connectivity index (χ3v) is 2.54. The number of benzene rings is 1. The van der Waals surface area contributed by atoms with Gasteiger partial charge in [-0.05, 0) is 17.5 Å². The Labute approximate surface area is 87.7 Å². The van der Waals surface area contributed by atoms with Crippen molar-refractivity contribution in [1.82, 2.24) is 4.98 Å². The van der Waals surface area contributed by atoms with E-state index >= 15 is 0 Å². The number of carboxylic acid groups (broad SMARTS) is 1. The molecule has 0 atom stereocenters. The second-order valence-electron chi connectivity index (χ2n) is 3.95. The Kier molecular flexibility index (Phi) is 2.23. The average Bonchev–Trinajstić information content (AvgIpc) is 2.60. The van der Waals surface area contributed by atoms with Gasteiger partial charge in [-0.2, -0.15) is 0 Å². The lowest BCUT2D eigenvalue weighted by Crippen LogP contribution is -1.95. The zero-order valence-electron chi connectivity index (χ0n) is 8.74. The van der Waals surface area contributed by atoms with Crippen LogP contribution in [0.5, 0.6) is 0 Å². The summed E-state index contributed by atoms with van der Waals surface area (Å²) in [7, 11) is 0. The molecule has 3 heteroatoms. The second kappa shape index (κ2) is 3.42. The number of hydrogen-bond acceptors (Lipinski definition) is 1. The molecule has 0 unspecified atom stereocenters. The topological polar surface area (TPSA) is 53.1 Å². The van der Waals surface area contributed by atoms with Gasteiger partial charge in [0.2, 0.25) is 0 Å². The molecule has 0 saturated heterocycles. The third kappa shape index (κ3) is 1.61. The molecule has 2 aromatic rings. The summed E-state index contributed by atoms with van der Waals surface area (Å²) in [6.07, 6.45) is 0. The minimum Gasteiger partial charge on any atom is -0.477 e. The first kappa shape index (κ1) is 9.77. The number of para-hydroxylation sites is 1. The molecule has 0 saturated carbocycles. The number of aromatic carboxylic acids is 1. The third-order valence-electron chi connectivity index (χ3n) is 2.54. The molecule has 1 heterocycles. The summed E-state index contributed by atoms with van der Waals surface area (Å²) in [4.78, 5) is 13.8. The van der Waals surface area contributed by atoms with E-state index in [4.69, 9.17) is 5.11 Å². The van der Waals surface area contributed by atoms with Crippen molar-refractivity contribution in [2.75, 3.05) is 0 Å². The van der Waals surface area contributed by atoms with Crippen LogP contribution in [0.3, 0.4) is 0 Å². The monoisotopic (exact) mass is 203 g/mol. The summed E-state index contributed by atoms with van der Waals surface area (Å²) in [6.45, 7) is 4.19. The SMILES string of the molecule is CC(C)c1cccc2cc(C(=O)O)[nH]c12. The van der Waals surface area contributed by atoms with Gasteiger partial charge in [-0.3, -0.25) is 0 Å². The summed E-state index contributed by atoms with van der Waals surface area (Å²) in [5.74, 6) is -0.532. The Hall–Kier alpha value is -1.77. The minimum atomic E-state index is -0.916. The number of H-pyrrole nitrogens is 1. The smallest absolute Gasteiger partial charge is 0.352 e. The van der Waals surface area contributed by atoms with Crippen LogP contribution in [0.1, 0.15) is 35.8 Å². The fourth-order valence-electron chi connectivity index (χ4n) is 1.78. The first-order chi connectivity index (χ1) is 7.09. The largest absolute Gasteiger partial charge is 0.477 e. The van der Waals surface area contributed by atoms with Gasteiger partial charge in [0, 0.05) is 10.9 Å². The molecule has 0 spiro atoms. The molecular weight excluding hydrogens is 190 g/mol. The van der Waals surface area contributed by atoms with Crippen molar-refractivity contribution in [3.05, 3.63) is 35.5 Å². The standard InChI is InChI=1S/C12H13NO2/c1-7(2)9-5-3-4-8-6-10(12(14)15)13-11(8)9/h3-7,13H,1-2H3,(H,14,15). The maximum absolute atomic E-state index is 10.8. The predicted octanol–water partition coefficient (Wildman–Crippen LogP) is 2.99. The summed E-state index contributed by atoms with van der Waals surface area (Å²) in [5.41, 5.74) is 2.34. The van der Waals surface area contributed by atoms with Crippen molar-refractivity contribution in [2.45, 2.75) is 19.8 Å². The summed E-state index contributed by atoms with van der Waals surface area (Å²) < 4.78 is 0. The van der Waals surface area contributed by atoms with Crippen LogP contribution < -0.4 is 0 Å². The number of aromatic nitrogens is 1. The molecule has 0 fully saturated rings. The normalized spacial score (nSPS) is 11.1. The number of hydrogen-bond donors (Lipinski definition) is 2. The van der Waals surface area contributed by atoms with Gasteiger partial charge in [-0.15, -0.1) is 0 Å². The first-order valence-electron chi connectivity index (χ1n) is 4.94. The Morgan fingerprint density at radius 1 is 1.40 bits per heavy atom. The van der Waals surface area contributed by atoms with Gasteiger partial charge in [-0.25, -0.2) is 4.79 Å². The van der Waals surface area contributed by atoms with Gasteiger partial charge in [0.15, 0.2) is 0 Å². The minimum absolute atomic E-state index is 0.248. The van der Waals surface area contributed by atoms with Gasteiger partial charge in [0.05, 0.1) is 0 Å². The van der Waals surface area contributed by atoms with E-state index in [1.54, 1.807) is 6.07 Å². The van der Waals surface area contributed by atoms with Crippen molar-refractivity contribution < 1.29 is 9.90 Å². The van der Waals surface area contributed by atoms with E-state index in [-0.39, 0.29) is 5.69 Å². The predicted molar refractivity (Wildman–Crippen MR) is 59.3 cm³/mol. The molecule has 78 valence electrons. The fraction of sp³-hybridized carbons (Fsp3) is 0.250. The Balaban J connectivity index is 2.69. The van der Waals surface area contributed by atoms with Gasteiger partial charge >= 0.3 is 5.97 Å². The van der Waals surface area contributed by atoms with Crippen LogP contribution in [0.4, 0.5) is 0 Å². The summed E-state index contributed by atoms with van der Waals surface area (Å²) in [5, 5.41) is 9.84. The van der Waals surface area contributed by atoms with E-state index < -0.39 is 5.97 Å². The van der Waals surface area contributed by atoms with Crippen molar-refractivity contribution in [3.8, 4) is 0 Å². The van der Waals surface area contributed by atoms with Crippen LogP contribution in [0.25, 0.3) is 10.9 Å². The van der Waals surface area contributed by atoms with Crippen LogP contribution in [-0.4, -0.2) is 16.1 Å².